The Bertz CT molecular complexity index is 245. The fourth-order valence-corrected chi connectivity index (χ4v) is 1.03. The van der Waals surface area contributed by atoms with Crippen LogP contribution in [0.3, 0.4) is 0 Å². The van der Waals surface area contributed by atoms with E-state index in [1.165, 1.54) is 13.0 Å². The lowest BCUT2D eigenvalue weighted by Gasteiger charge is -2.13. The van der Waals surface area contributed by atoms with Gasteiger partial charge in [-0.15, -0.1) is 0 Å². The van der Waals surface area contributed by atoms with Gasteiger partial charge in [0.2, 0.25) is 0 Å². The van der Waals surface area contributed by atoms with Crippen molar-refractivity contribution < 1.29 is 19.4 Å². The molecule has 0 aliphatic heterocycles. The molecule has 0 amide bonds. The summed E-state index contributed by atoms with van der Waals surface area (Å²) in [5, 5.41) is 9.51. The molecule has 0 saturated carbocycles. The molecular weight excluding hydrogens is 196 g/mol. The Morgan fingerprint density at radius 1 is 1.47 bits per heavy atom. The maximum Gasteiger partial charge on any atom is 0.330 e. The largest absolute Gasteiger partial charge is 0.463 e. The molecule has 0 radical (unpaired) electrons. The van der Waals surface area contributed by atoms with Crippen LogP contribution in [0.2, 0.25) is 0 Å². The van der Waals surface area contributed by atoms with E-state index in [1.54, 1.807) is 19.9 Å². The molecule has 15 heavy (non-hydrogen) atoms. The summed E-state index contributed by atoms with van der Waals surface area (Å²) in [6.07, 6.45) is 2.19. The van der Waals surface area contributed by atoms with E-state index in [9.17, 15) is 14.7 Å². The summed E-state index contributed by atoms with van der Waals surface area (Å²) in [5.74, 6) is -0.739. The van der Waals surface area contributed by atoms with Crippen LogP contribution in [-0.2, 0) is 14.3 Å². The van der Waals surface area contributed by atoms with Gasteiger partial charge in [-0.2, -0.15) is 0 Å². The van der Waals surface area contributed by atoms with Crippen molar-refractivity contribution in [2.75, 3.05) is 6.61 Å². The average molecular weight is 214 g/mol. The minimum atomic E-state index is -0.742. The van der Waals surface area contributed by atoms with E-state index in [4.69, 9.17) is 0 Å². The fourth-order valence-electron chi connectivity index (χ4n) is 1.03. The van der Waals surface area contributed by atoms with Crippen molar-refractivity contribution in [2.45, 2.75) is 33.3 Å². The number of ether oxygens (including phenoxy) is 1. The van der Waals surface area contributed by atoms with Crippen molar-refractivity contribution in [3.63, 3.8) is 0 Å². The predicted molar refractivity (Wildman–Crippen MR) is 56.2 cm³/mol. The highest BCUT2D eigenvalue weighted by Crippen LogP contribution is 2.09. The van der Waals surface area contributed by atoms with Gasteiger partial charge in [-0.3, -0.25) is 4.79 Å². The molecular formula is C11H18O4. The number of Topliss-reactive ketones (excluding diaryl/α,β-unsaturated/α-hetero) is 1. The standard InChI is InChI=1S/C11H18O4/c1-4-15-11(14)6-5-8(2)10(13)7-9(3)12/h5-6,8,10,13H,4,7H2,1-3H3/b6-5+. The molecule has 0 bridgehead atoms. The molecule has 0 fully saturated rings. The molecule has 2 atom stereocenters. The van der Waals surface area contributed by atoms with Gasteiger partial charge in [0, 0.05) is 18.4 Å². The number of hydrogen-bond donors (Lipinski definition) is 1. The molecule has 0 heterocycles. The minimum absolute atomic E-state index is 0.0705. The van der Waals surface area contributed by atoms with Crippen LogP contribution < -0.4 is 0 Å². The van der Waals surface area contributed by atoms with Crippen LogP contribution in [0.15, 0.2) is 12.2 Å². The first kappa shape index (κ1) is 13.8. The number of aliphatic hydroxyl groups excluding tert-OH is 1. The molecule has 0 aromatic carbocycles. The Hall–Kier alpha value is -1.16. The summed E-state index contributed by atoms with van der Waals surface area (Å²) in [6.45, 7) is 5.21. The Labute approximate surface area is 89.9 Å². The van der Waals surface area contributed by atoms with Gasteiger partial charge in [0.05, 0.1) is 12.7 Å². The lowest BCUT2D eigenvalue weighted by Crippen LogP contribution is -2.19. The average Bonchev–Trinajstić information content (AvgIpc) is 2.13. The number of ketones is 1. The van der Waals surface area contributed by atoms with Crippen LogP contribution in [0.5, 0.6) is 0 Å². The predicted octanol–water partition coefficient (Wildman–Crippen LogP) is 1.08. The summed E-state index contributed by atoms with van der Waals surface area (Å²) in [6, 6.07) is 0. The second-order valence-corrected chi connectivity index (χ2v) is 3.44. The van der Waals surface area contributed by atoms with Crippen LogP contribution >= 0.6 is 0 Å². The van der Waals surface area contributed by atoms with Crippen LogP contribution in [-0.4, -0.2) is 29.6 Å². The molecule has 0 aliphatic rings. The van der Waals surface area contributed by atoms with Gasteiger partial charge >= 0.3 is 5.97 Å². The molecule has 2 unspecified atom stereocenters. The highest BCUT2D eigenvalue weighted by Gasteiger charge is 2.13. The lowest BCUT2D eigenvalue weighted by atomic mass is 10.00. The normalized spacial score (nSPS) is 14.9. The van der Waals surface area contributed by atoms with E-state index in [1.807, 2.05) is 0 Å². The SMILES string of the molecule is CCOC(=O)/C=C/C(C)C(O)CC(C)=O. The fraction of sp³-hybridized carbons (Fsp3) is 0.636. The van der Waals surface area contributed by atoms with Gasteiger partial charge in [-0.05, 0) is 13.8 Å². The number of carbonyl (C=O) groups excluding carboxylic acids is 2. The van der Waals surface area contributed by atoms with Crippen molar-refractivity contribution in [3.05, 3.63) is 12.2 Å². The van der Waals surface area contributed by atoms with Crippen LogP contribution in [0.4, 0.5) is 0 Å². The molecule has 0 aliphatic carbocycles. The molecule has 1 N–H and O–H groups in total. The Morgan fingerprint density at radius 3 is 2.53 bits per heavy atom. The Morgan fingerprint density at radius 2 is 2.07 bits per heavy atom. The van der Waals surface area contributed by atoms with Crippen LogP contribution in [0.25, 0.3) is 0 Å². The molecule has 0 aromatic rings. The van der Waals surface area contributed by atoms with Gasteiger partial charge in [-0.25, -0.2) is 4.79 Å². The van der Waals surface area contributed by atoms with Gasteiger partial charge in [0.1, 0.15) is 5.78 Å². The second kappa shape index (κ2) is 7.17. The molecule has 4 heteroatoms. The van der Waals surface area contributed by atoms with Crippen molar-refractivity contribution in [2.24, 2.45) is 5.92 Å². The first-order chi connectivity index (χ1) is 6.97. The number of esters is 1. The van der Waals surface area contributed by atoms with Crippen molar-refractivity contribution >= 4 is 11.8 Å². The third-order valence-corrected chi connectivity index (χ3v) is 1.93. The molecule has 4 nitrogen and oxygen atoms in total. The second-order valence-electron chi connectivity index (χ2n) is 3.44. The van der Waals surface area contributed by atoms with Crippen LogP contribution in [0.1, 0.15) is 27.2 Å². The van der Waals surface area contributed by atoms with Gasteiger partial charge in [0.15, 0.2) is 0 Å². The van der Waals surface area contributed by atoms with Crippen molar-refractivity contribution in [3.8, 4) is 0 Å². The minimum Gasteiger partial charge on any atom is -0.463 e. The molecule has 0 rings (SSSR count). The van der Waals surface area contributed by atoms with Crippen molar-refractivity contribution in [1.82, 2.24) is 0 Å². The Kier molecular flexibility index (Phi) is 6.62. The quantitative estimate of drug-likeness (QED) is 0.531. The molecule has 0 aromatic heterocycles. The zero-order valence-corrected chi connectivity index (χ0v) is 9.40. The Balaban J connectivity index is 4.05. The maximum absolute atomic E-state index is 10.9. The first-order valence-electron chi connectivity index (χ1n) is 4.99. The first-order valence-corrected chi connectivity index (χ1v) is 4.99. The van der Waals surface area contributed by atoms with E-state index < -0.39 is 12.1 Å². The monoisotopic (exact) mass is 214 g/mol. The zero-order valence-electron chi connectivity index (χ0n) is 9.40. The maximum atomic E-state index is 10.9. The molecule has 86 valence electrons. The van der Waals surface area contributed by atoms with Crippen molar-refractivity contribution in [1.29, 1.82) is 0 Å². The topological polar surface area (TPSA) is 63.6 Å². The van der Waals surface area contributed by atoms with E-state index in [0.29, 0.717) is 6.61 Å². The summed E-state index contributed by atoms with van der Waals surface area (Å²) in [5.41, 5.74) is 0. The summed E-state index contributed by atoms with van der Waals surface area (Å²) < 4.78 is 4.68. The summed E-state index contributed by atoms with van der Waals surface area (Å²) >= 11 is 0. The molecule has 0 spiro atoms. The van der Waals surface area contributed by atoms with E-state index in [2.05, 4.69) is 4.74 Å². The van der Waals surface area contributed by atoms with Gasteiger partial charge in [0.25, 0.3) is 0 Å². The summed E-state index contributed by atoms with van der Waals surface area (Å²) in [7, 11) is 0. The highest BCUT2D eigenvalue weighted by molar-refractivity contribution is 5.82. The molecule has 0 saturated heterocycles. The van der Waals surface area contributed by atoms with Crippen LogP contribution in [0, 0.1) is 5.92 Å². The van der Waals surface area contributed by atoms with Gasteiger partial charge in [-0.1, -0.05) is 13.0 Å². The van der Waals surface area contributed by atoms with Gasteiger partial charge < -0.3 is 9.84 Å². The third kappa shape index (κ3) is 6.85. The lowest BCUT2D eigenvalue weighted by molar-refractivity contribution is -0.137. The number of aliphatic hydroxyl groups is 1. The smallest absolute Gasteiger partial charge is 0.330 e. The number of hydrogen-bond acceptors (Lipinski definition) is 4. The van der Waals surface area contributed by atoms with E-state index >= 15 is 0 Å². The van der Waals surface area contributed by atoms with E-state index in [-0.39, 0.29) is 18.1 Å². The number of rotatable bonds is 6. The summed E-state index contributed by atoms with van der Waals surface area (Å²) in [4.78, 5) is 21.7. The number of carbonyl (C=O) groups is 2. The third-order valence-electron chi connectivity index (χ3n) is 1.93. The zero-order chi connectivity index (χ0) is 11.8. The van der Waals surface area contributed by atoms with E-state index in [0.717, 1.165) is 0 Å². The highest BCUT2D eigenvalue weighted by atomic mass is 16.5.